The Morgan fingerprint density at radius 2 is 1.79 bits per heavy atom. The van der Waals surface area contributed by atoms with Gasteiger partial charge < -0.3 is 10.6 Å². The maximum atomic E-state index is 9.07. The minimum atomic E-state index is 0.558. The van der Waals surface area contributed by atoms with Gasteiger partial charge in [-0.15, -0.1) is 10.2 Å². The van der Waals surface area contributed by atoms with E-state index >= 15 is 0 Å². The molecule has 0 saturated carbocycles. The second kappa shape index (κ2) is 12.0. The van der Waals surface area contributed by atoms with Crippen LogP contribution >= 0.6 is 23.1 Å². The molecule has 1 aliphatic heterocycles. The van der Waals surface area contributed by atoms with E-state index in [0.717, 1.165) is 41.8 Å². The monoisotopic (exact) mass is 430 g/mol. The van der Waals surface area contributed by atoms with Crippen molar-refractivity contribution < 1.29 is 0 Å². The van der Waals surface area contributed by atoms with Crippen molar-refractivity contribution in [3.05, 3.63) is 29.8 Å². The first kappa shape index (κ1) is 21.9. The summed E-state index contributed by atoms with van der Waals surface area (Å²) in [5.41, 5.74) is 7.51. The molecule has 0 bridgehead atoms. The van der Waals surface area contributed by atoms with Crippen molar-refractivity contribution >= 4 is 33.9 Å². The zero-order valence-corrected chi connectivity index (χ0v) is 18.6. The molecule has 1 saturated heterocycles. The quantitative estimate of drug-likeness (QED) is 0.421. The number of piperazine rings is 1. The van der Waals surface area contributed by atoms with Crippen LogP contribution in [-0.4, -0.2) is 53.6 Å². The van der Waals surface area contributed by atoms with Gasteiger partial charge in [0.15, 0.2) is 4.34 Å². The molecule has 0 radical (unpaired) electrons. The van der Waals surface area contributed by atoms with E-state index < -0.39 is 0 Å². The lowest BCUT2D eigenvalue weighted by atomic mass is 10.1. The van der Waals surface area contributed by atoms with Gasteiger partial charge in [-0.1, -0.05) is 54.8 Å². The van der Waals surface area contributed by atoms with E-state index in [4.69, 9.17) is 11.0 Å². The van der Waals surface area contributed by atoms with Crippen molar-refractivity contribution in [1.82, 2.24) is 15.1 Å². The van der Waals surface area contributed by atoms with Crippen LogP contribution in [0.5, 0.6) is 0 Å². The predicted octanol–water partition coefficient (Wildman–Crippen LogP) is 4.25. The van der Waals surface area contributed by atoms with Gasteiger partial charge in [0.2, 0.25) is 5.13 Å². The molecular formula is C21H30N6S2. The van der Waals surface area contributed by atoms with Crippen LogP contribution in [0.3, 0.4) is 0 Å². The highest BCUT2D eigenvalue weighted by molar-refractivity contribution is 8.01. The summed E-state index contributed by atoms with van der Waals surface area (Å²) >= 11 is 3.24. The number of nitriles is 1. The van der Waals surface area contributed by atoms with E-state index in [1.54, 1.807) is 11.8 Å². The normalized spacial score (nSPS) is 14.8. The fourth-order valence-corrected chi connectivity index (χ4v) is 5.29. The molecule has 29 heavy (non-hydrogen) atoms. The maximum Gasteiger partial charge on any atom is 0.203 e. The summed E-state index contributed by atoms with van der Waals surface area (Å²) < 4.78 is 0.986. The number of nitrogens with two attached hydrogens (primary N) is 1. The van der Waals surface area contributed by atoms with Gasteiger partial charge in [-0.3, -0.25) is 4.90 Å². The number of hydrogen-bond donors (Lipinski definition) is 1. The van der Waals surface area contributed by atoms with Crippen LogP contribution in [-0.2, 0) is 0 Å². The maximum absolute atomic E-state index is 9.07. The van der Waals surface area contributed by atoms with Crippen LogP contribution in [0.4, 0.5) is 10.8 Å². The second-order valence-electron chi connectivity index (χ2n) is 7.37. The molecule has 1 aromatic carbocycles. The summed E-state index contributed by atoms with van der Waals surface area (Å²) in [7, 11) is 0. The minimum Gasteiger partial charge on any atom is -0.374 e. The Morgan fingerprint density at radius 3 is 2.52 bits per heavy atom. The molecule has 1 aromatic heterocycles. The van der Waals surface area contributed by atoms with Crippen molar-refractivity contribution in [1.29, 1.82) is 5.26 Å². The van der Waals surface area contributed by atoms with E-state index in [0.29, 0.717) is 5.13 Å². The fourth-order valence-electron chi connectivity index (χ4n) is 3.58. The Bertz CT molecular complexity index is 779. The Kier molecular flexibility index (Phi) is 9.06. The molecule has 0 unspecified atom stereocenters. The Hall–Kier alpha value is -1.82. The van der Waals surface area contributed by atoms with Crippen molar-refractivity contribution in [2.45, 2.75) is 42.9 Å². The lowest BCUT2D eigenvalue weighted by Crippen LogP contribution is -2.46. The predicted molar refractivity (Wildman–Crippen MR) is 123 cm³/mol. The lowest BCUT2D eigenvalue weighted by Gasteiger charge is -2.36. The largest absolute Gasteiger partial charge is 0.374 e. The molecule has 1 fully saturated rings. The number of rotatable bonds is 11. The summed E-state index contributed by atoms with van der Waals surface area (Å²) in [6.45, 7) is 5.54. The molecule has 1 aliphatic rings. The number of aromatic nitrogens is 2. The van der Waals surface area contributed by atoms with Gasteiger partial charge in [-0.05, 0) is 37.6 Å². The van der Waals surface area contributed by atoms with E-state index in [-0.39, 0.29) is 0 Å². The van der Waals surface area contributed by atoms with Crippen molar-refractivity contribution in [3.63, 3.8) is 0 Å². The minimum absolute atomic E-state index is 0.558. The highest BCUT2D eigenvalue weighted by Crippen LogP contribution is 2.24. The number of nitrogens with zero attached hydrogens (tertiary/aromatic N) is 5. The average Bonchev–Trinajstić information content (AvgIpc) is 3.18. The highest BCUT2D eigenvalue weighted by Gasteiger charge is 2.16. The van der Waals surface area contributed by atoms with Gasteiger partial charge in [0.25, 0.3) is 0 Å². The highest BCUT2D eigenvalue weighted by atomic mass is 32.2. The summed E-state index contributed by atoms with van der Waals surface area (Å²) in [6.07, 6.45) is 7.80. The number of nitrogen functional groups attached to an aromatic ring is 1. The summed E-state index contributed by atoms with van der Waals surface area (Å²) in [4.78, 5) is 4.97. The molecule has 0 spiro atoms. The standard InChI is InChI=1S/C21H30N6S2/c22-17-18-8-7-9-19(16-18)27-13-11-26(12-14-27)10-5-3-1-2-4-6-15-28-21-25-24-20(23)29-21/h7-9,16H,1-6,10-15H2,(H2,23,24). The van der Waals surface area contributed by atoms with E-state index in [1.807, 2.05) is 18.2 Å². The third kappa shape index (κ3) is 7.50. The van der Waals surface area contributed by atoms with Crippen molar-refractivity contribution in [3.8, 4) is 6.07 Å². The first-order valence-electron chi connectivity index (χ1n) is 10.4. The summed E-state index contributed by atoms with van der Waals surface area (Å²) in [6, 6.07) is 10.2. The van der Waals surface area contributed by atoms with E-state index in [2.05, 4.69) is 32.1 Å². The first-order chi connectivity index (χ1) is 14.2. The zero-order valence-electron chi connectivity index (χ0n) is 16.9. The van der Waals surface area contributed by atoms with Crippen molar-refractivity contribution in [2.75, 3.05) is 49.1 Å². The zero-order chi connectivity index (χ0) is 20.3. The molecule has 0 aliphatic carbocycles. The van der Waals surface area contributed by atoms with Crippen LogP contribution in [0, 0.1) is 11.3 Å². The molecule has 6 nitrogen and oxygen atoms in total. The third-order valence-corrected chi connectivity index (χ3v) is 7.20. The molecule has 2 aromatic rings. The molecule has 0 amide bonds. The second-order valence-corrected chi connectivity index (χ2v) is 9.72. The van der Waals surface area contributed by atoms with Gasteiger partial charge in [0.05, 0.1) is 11.6 Å². The Balaban J connectivity index is 1.18. The average molecular weight is 431 g/mol. The van der Waals surface area contributed by atoms with Crippen LogP contribution in [0.1, 0.15) is 44.1 Å². The SMILES string of the molecule is N#Cc1cccc(N2CCN(CCCCCCCCSc3nnc(N)s3)CC2)c1. The number of hydrogen-bond acceptors (Lipinski definition) is 8. The number of unbranched alkanes of at least 4 members (excludes halogenated alkanes) is 5. The van der Waals surface area contributed by atoms with Crippen molar-refractivity contribution in [2.24, 2.45) is 0 Å². The summed E-state index contributed by atoms with van der Waals surface area (Å²) in [5.74, 6) is 1.11. The van der Waals surface area contributed by atoms with E-state index in [1.165, 1.54) is 62.1 Å². The molecule has 3 rings (SSSR count). The fraction of sp³-hybridized carbons (Fsp3) is 0.571. The lowest BCUT2D eigenvalue weighted by molar-refractivity contribution is 0.252. The van der Waals surface area contributed by atoms with Gasteiger partial charge >= 0.3 is 0 Å². The first-order valence-corrected chi connectivity index (χ1v) is 12.2. The smallest absolute Gasteiger partial charge is 0.203 e. The molecule has 2 N–H and O–H groups in total. The topological polar surface area (TPSA) is 82.1 Å². The van der Waals surface area contributed by atoms with Gasteiger partial charge in [0.1, 0.15) is 0 Å². The van der Waals surface area contributed by atoms with E-state index in [9.17, 15) is 0 Å². The Morgan fingerprint density at radius 1 is 1.03 bits per heavy atom. The number of thioether (sulfide) groups is 1. The van der Waals surface area contributed by atoms with Crippen LogP contribution in [0.2, 0.25) is 0 Å². The Labute approximate surface area is 182 Å². The number of anilines is 2. The van der Waals surface area contributed by atoms with Crippen LogP contribution in [0.15, 0.2) is 28.6 Å². The van der Waals surface area contributed by atoms with Gasteiger partial charge in [-0.25, -0.2) is 0 Å². The molecule has 2 heterocycles. The molecule has 0 atom stereocenters. The molecule has 156 valence electrons. The molecule has 8 heteroatoms. The van der Waals surface area contributed by atoms with Crippen LogP contribution < -0.4 is 10.6 Å². The number of benzene rings is 1. The van der Waals surface area contributed by atoms with Crippen LogP contribution in [0.25, 0.3) is 0 Å². The van der Waals surface area contributed by atoms with Gasteiger partial charge in [0, 0.05) is 37.6 Å². The van der Waals surface area contributed by atoms with Gasteiger partial charge in [-0.2, -0.15) is 5.26 Å². The summed E-state index contributed by atoms with van der Waals surface area (Å²) in [5, 5.41) is 17.5. The third-order valence-electron chi connectivity index (χ3n) is 5.23. The molecular weight excluding hydrogens is 400 g/mol.